The Morgan fingerprint density at radius 3 is 2.57 bits per heavy atom. The summed E-state index contributed by atoms with van der Waals surface area (Å²) in [4.78, 5) is 24.5. The zero-order valence-corrected chi connectivity index (χ0v) is 12.6. The Bertz CT molecular complexity index is 788. The number of rotatable bonds is 3. The van der Waals surface area contributed by atoms with Gasteiger partial charge >= 0.3 is 11.1 Å². The van der Waals surface area contributed by atoms with Crippen LogP contribution in [-0.4, -0.2) is 9.13 Å². The predicted octanol–water partition coefficient (Wildman–Crippen LogP) is 2.76. The molecule has 0 N–H and O–H groups in total. The van der Waals surface area contributed by atoms with Crippen molar-refractivity contribution in [1.29, 1.82) is 0 Å². The highest BCUT2D eigenvalue weighted by Gasteiger charge is 2.19. The van der Waals surface area contributed by atoms with Crippen LogP contribution in [0.1, 0.15) is 24.8 Å². The van der Waals surface area contributed by atoms with Crippen LogP contribution in [0.15, 0.2) is 40.2 Å². The molecular formula is C16H17ClN2O2. The Morgan fingerprint density at radius 1 is 1.19 bits per heavy atom. The largest absolute Gasteiger partial charge is 0.320 e. The molecule has 0 saturated heterocycles. The third kappa shape index (κ3) is 2.68. The van der Waals surface area contributed by atoms with E-state index in [9.17, 15) is 9.59 Å². The lowest BCUT2D eigenvalue weighted by Gasteiger charge is -2.25. The van der Waals surface area contributed by atoms with E-state index in [1.165, 1.54) is 15.6 Å². The van der Waals surface area contributed by atoms with Gasteiger partial charge in [-0.05, 0) is 49.4 Å². The maximum atomic E-state index is 12.3. The van der Waals surface area contributed by atoms with Crippen LogP contribution in [0.4, 0.5) is 0 Å². The topological polar surface area (TPSA) is 44.0 Å². The summed E-state index contributed by atoms with van der Waals surface area (Å²) in [5.41, 5.74) is 0.560. The average molecular weight is 305 g/mol. The second kappa shape index (κ2) is 5.53. The summed E-state index contributed by atoms with van der Waals surface area (Å²) in [6, 6.07) is 5.28. The maximum absolute atomic E-state index is 12.3. The lowest BCUT2D eigenvalue weighted by atomic mass is 9.85. The van der Waals surface area contributed by atoms with Gasteiger partial charge in [0, 0.05) is 29.6 Å². The number of hydrogen-bond donors (Lipinski definition) is 0. The Hall–Kier alpha value is -1.81. The minimum Gasteiger partial charge on any atom is -0.309 e. The molecule has 1 heterocycles. The van der Waals surface area contributed by atoms with E-state index in [1.807, 2.05) is 6.92 Å². The number of aryl methyl sites for hydroxylation is 1. The molecule has 1 aromatic heterocycles. The van der Waals surface area contributed by atoms with Gasteiger partial charge in [0.25, 0.3) is 0 Å². The van der Waals surface area contributed by atoms with Gasteiger partial charge in [0.05, 0.1) is 0 Å². The average Bonchev–Trinajstić information content (AvgIpc) is 2.42. The molecule has 1 fully saturated rings. The Labute approximate surface area is 127 Å². The van der Waals surface area contributed by atoms with Gasteiger partial charge in [-0.25, -0.2) is 0 Å². The number of benzene rings is 1. The summed E-state index contributed by atoms with van der Waals surface area (Å²) in [6.45, 7) is 2.52. The smallest absolute Gasteiger partial charge is 0.309 e. The van der Waals surface area contributed by atoms with Crippen LogP contribution in [0, 0.1) is 12.8 Å². The molecule has 0 atom stereocenters. The van der Waals surface area contributed by atoms with E-state index in [1.54, 1.807) is 30.6 Å². The summed E-state index contributed by atoms with van der Waals surface area (Å²) in [5.74, 6) is 0.538. The van der Waals surface area contributed by atoms with Crippen molar-refractivity contribution in [3.05, 3.63) is 61.9 Å². The van der Waals surface area contributed by atoms with Crippen LogP contribution in [0.2, 0.25) is 5.02 Å². The molecule has 3 rings (SSSR count). The molecule has 1 aromatic carbocycles. The van der Waals surface area contributed by atoms with Crippen molar-refractivity contribution in [2.24, 2.45) is 5.92 Å². The number of nitrogens with zero attached hydrogens (tertiary/aromatic N) is 2. The fraction of sp³-hybridized carbons (Fsp3) is 0.375. The first-order chi connectivity index (χ1) is 10.1. The molecule has 0 aliphatic heterocycles. The van der Waals surface area contributed by atoms with Crippen molar-refractivity contribution in [2.45, 2.75) is 32.7 Å². The highest BCUT2D eigenvalue weighted by atomic mass is 35.5. The predicted molar refractivity (Wildman–Crippen MR) is 83.4 cm³/mol. The van der Waals surface area contributed by atoms with Crippen LogP contribution in [0.5, 0.6) is 0 Å². The van der Waals surface area contributed by atoms with Crippen molar-refractivity contribution in [2.75, 3.05) is 0 Å². The summed E-state index contributed by atoms with van der Waals surface area (Å²) in [7, 11) is 0. The van der Waals surface area contributed by atoms with Crippen molar-refractivity contribution in [3.8, 4) is 5.69 Å². The quantitative estimate of drug-likeness (QED) is 0.818. The minimum atomic E-state index is -0.515. The second-order valence-corrected chi connectivity index (χ2v) is 6.07. The van der Waals surface area contributed by atoms with Crippen molar-refractivity contribution >= 4 is 11.6 Å². The number of halogens is 1. The summed E-state index contributed by atoms with van der Waals surface area (Å²) < 4.78 is 2.91. The highest BCUT2D eigenvalue weighted by molar-refractivity contribution is 6.31. The minimum absolute atomic E-state index is 0.461. The van der Waals surface area contributed by atoms with E-state index < -0.39 is 11.1 Å². The van der Waals surface area contributed by atoms with Crippen molar-refractivity contribution < 1.29 is 0 Å². The van der Waals surface area contributed by atoms with E-state index in [0.717, 1.165) is 18.4 Å². The first-order valence-corrected chi connectivity index (χ1v) is 7.52. The van der Waals surface area contributed by atoms with Crippen LogP contribution >= 0.6 is 11.6 Å². The molecule has 21 heavy (non-hydrogen) atoms. The monoisotopic (exact) mass is 304 g/mol. The van der Waals surface area contributed by atoms with Gasteiger partial charge in [0.1, 0.15) is 0 Å². The molecule has 0 amide bonds. The standard InChI is InChI=1S/C16H17ClN2O2/c1-11-9-13(5-6-14(11)17)19-8-7-18(15(20)16(19)21)10-12-3-2-4-12/h5-9,12H,2-4,10H2,1H3. The van der Waals surface area contributed by atoms with Gasteiger partial charge in [0.2, 0.25) is 0 Å². The van der Waals surface area contributed by atoms with E-state index >= 15 is 0 Å². The van der Waals surface area contributed by atoms with Crippen LogP contribution < -0.4 is 11.1 Å². The van der Waals surface area contributed by atoms with E-state index in [4.69, 9.17) is 11.6 Å². The van der Waals surface area contributed by atoms with Gasteiger partial charge in [-0.15, -0.1) is 0 Å². The van der Waals surface area contributed by atoms with E-state index in [-0.39, 0.29) is 0 Å². The van der Waals surface area contributed by atoms with Crippen LogP contribution in [0.3, 0.4) is 0 Å². The zero-order valence-electron chi connectivity index (χ0n) is 11.9. The lowest BCUT2D eigenvalue weighted by molar-refractivity contribution is 0.272. The fourth-order valence-corrected chi connectivity index (χ4v) is 2.71. The Morgan fingerprint density at radius 2 is 1.95 bits per heavy atom. The summed E-state index contributed by atoms with van der Waals surface area (Å²) in [6.07, 6.45) is 6.87. The third-order valence-corrected chi connectivity index (χ3v) is 4.58. The molecule has 5 heteroatoms. The number of aromatic nitrogens is 2. The van der Waals surface area contributed by atoms with Gasteiger partial charge < -0.3 is 4.57 Å². The normalized spacial score (nSPS) is 15.0. The molecular weight excluding hydrogens is 288 g/mol. The molecule has 2 aromatic rings. The molecule has 0 radical (unpaired) electrons. The van der Waals surface area contributed by atoms with E-state index in [0.29, 0.717) is 23.2 Å². The fourth-order valence-electron chi connectivity index (χ4n) is 2.59. The van der Waals surface area contributed by atoms with Crippen molar-refractivity contribution in [1.82, 2.24) is 9.13 Å². The van der Waals surface area contributed by atoms with Gasteiger partial charge in [0.15, 0.2) is 0 Å². The molecule has 4 nitrogen and oxygen atoms in total. The SMILES string of the molecule is Cc1cc(-n2ccn(CC3CCC3)c(=O)c2=O)ccc1Cl. The zero-order chi connectivity index (χ0) is 15.0. The molecule has 1 aliphatic rings. The summed E-state index contributed by atoms with van der Waals surface area (Å²) in [5, 5.41) is 0.644. The van der Waals surface area contributed by atoms with Gasteiger partial charge in [-0.3, -0.25) is 14.2 Å². The highest BCUT2D eigenvalue weighted by Crippen LogP contribution is 2.27. The maximum Gasteiger partial charge on any atom is 0.320 e. The number of hydrogen-bond acceptors (Lipinski definition) is 2. The third-order valence-electron chi connectivity index (χ3n) is 4.16. The molecule has 110 valence electrons. The summed E-state index contributed by atoms with van der Waals surface area (Å²) >= 11 is 5.99. The van der Waals surface area contributed by atoms with Gasteiger partial charge in [-0.1, -0.05) is 18.0 Å². The molecule has 1 saturated carbocycles. The van der Waals surface area contributed by atoms with Gasteiger partial charge in [-0.2, -0.15) is 0 Å². The second-order valence-electron chi connectivity index (χ2n) is 5.66. The first-order valence-electron chi connectivity index (χ1n) is 7.15. The van der Waals surface area contributed by atoms with Crippen LogP contribution in [-0.2, 0) is 6.54 Å². The van der Waals surface area contributed by atoms with E-state index in [2.05, 4.69) is 0 Å². The molecule has 1 aliphatic carbocycles. The molecule has 0 spiro atoms. The first kappa shape index (κ1) is 14.1. The van der Waals surface area contributed by atoms with Crippen molar-refractivity contribution in [3.63, 3.8) is 0 Å². The molecule has 0 unspecified atom stereocenters. The Kier molecular flexibility index (Phi) is 3.72. The Balaban J connectivity index is 2.00. The van der Waals surface area contributed by atoms with Crippen LogP contribution in [0.25, 0.3) is 5.69 Å². The molecule has 0 bridgehead atoms. The lowest BCUT2D eigenvalue weighted by Crippen LogP contribution is -2.41.